The van der Waals surface area contributed by atoms with Crippen LogP contribution in [0.2, 0.25) is 10.0 Å². The van der Waals surface area contributed by atoms with Crippen molar-refractivity contribution < 1.29 is 9.59 Å². The number of aromatic nitrogens is 2. The van der Waals surface area contributed by atoms with E-state index in [0.29, 0.717) is 38.0 Å². The Labute approximate surface area is 234 Å². The average molecular weight is 571 g/mol. The van der Waals surface area contributed by atoms with Gasteiger partial charge in [0, 0.05) is 50.2 Å². The van der Waals surface area contributed by atoms with Crippen LogP contribution in [0.25, 0.3) is 11.1 Å². The van der Waals surface area contributed by atoms with E-state index >= 15 is 0 Å². The summed E-state index contributed by atoms with van der Waals surface area (Å²) in [7, 11) is 1.35. The van der Waals surface area contributed by atoms with Gasteiger partial charge in [0.2, 0.25) is 0 Å². The molecular formula is C27H28Cl2N6O4. The van der Waals surface area contributed by atoms with Gasteiger partial charge in [-0.1, -0.05) is 53.5 Å². The quantitative estimate of drug-likeness (QED) is 0.490. The molecule has 0 saturated carbocycles. The SMILES string of the molecule is Cn1c(=O)c(-c2cccc(Cl)c2Cl)cn(CC(=O)NN2CCC(N3CCc4ccccc4NC3=O)CC2)c1=O. The van der Waals surface area contributed by atoms with E-state index in [2.05, 4.69) is 10.7 Å². The first-order valence-corrected chi connectivity index (χ1v) is 13.4. The number of amides is 3. The van der Waals surface area contributed by atoms with Gasteiger partial charge in [-0.25, -0.2) is 14.6 Å². The van der Waals surface area contributed by atoms with Crippen molar-refractivity contribution in [1.29, 1.82) is 0 Å². The molecule has 1 fully saturated rings. The summed E-state index contributed by atoms with van der Waals surface area (Å²) in [6, 6.07) is 12.7. The average Bonchev–Trinajstić information content (AvgIpc) is 3.09. The molecule has 3 heterocycles. The maximum Gasteiger partial charge on any atom is 0.331 e. The molecule has 3 aromatic rings. The smallest absolute Gasteiger partial charge is 0.321 e. The van der Waals surface area contributed by atoms with Crippen LogP contribution in [0.5, 0.6) is 0 Å². The van der Waals surface area contributed by atoms with Crippen LogP contribution in [0.3, 0.4) is 0 Å². The highest BCUT2D eigenvalue weighted by atomic mass is 35.5. The Morgan fingerprint density at radius 2 is 1.74 bits per heavy atom. The van der Waals surface area contributed by atoms with Crippen molar-refractivity contribution in [3.63, 3.8) is 0 Å². The summed E-state index contributed by atoms with van der Waals surface area (Å²) < 4.78 is 2.12. The van der Waals surface area contributed by atoms with Gasteiger partial charge < -0.3 is 10.2 Å². The number of fused-ring (bicyclic) bond motifs is 1. The van der Waals surface area contributed by atoms with E-state index in [1.807, 2.05) is 29.2 Å². The summed E-state index contributed by atoms with van der Waals surface area (Å²) in [5.41, 5.74) is 4.20. The van der Waals surface area contributed by atoms with Crippen molar-refractivity contribution in [3.8, 4) is 11.1 Å². The number of hydrogen-bond acceptors (Lipinski definition) is 5. The number of rotatable bonds is 5. The van der Waals surface area contributed by atoms with Crippen molar-refractivity contribution >= 4 is 40.8 Å². The van der Waals surface area contributed by atoms with E-state index in [4.69, 9.17) is 23.2 Å². The van der Waals surface area contributed by atoms with Gasteiger partial charge in [-0.15, -0.1) is 0 Å². The van der Waals surface area contributed by atoms with Crippen molar-refractivity contribution in [3.05, 3.63) is 85.1 Å². The van der Waals surface area contributed by atoms with Crippen LogP contribution >= 0.6 is 23.2 Å². The number of halogens is 2. The Morgan fingerprint density at radius 3 is 2.51 bits per heavy atom. The van der Waals surface area contributed by atoms with Crippen LogP contribution in [0.15, 0.2) is 58.3 Å². The fourth-order valence-electron chi connectivity index (χ4n) is 5.13. The molecule has 0 atom stereocenters. The second kappa shape index (κ2) is 11.3. The lowest BCUT2D eigenvalue weighted by Gasteiger charge is -2.37. The molecular weight excluding hydrogens is 543 g/mol. The fraction of sp³-hybridized carbons (Fsp3) is 0.333. The van der Waals surface area contributed by atoms with E-state index in [-0.39, 0.29) is 34.2 Å². The number of carbonyl (C=O) groups is 2. The second-order valence-corrected chi connectivity index (χ2v) is 10.5. The summed E-state index contributed by atoms with van der Waals surface area (Å²) in [5, 5.41) is 5.27. The Kier molecular flexibility index (Phi) is 7.79. The molecule has 0 spiro atoms. The first-order valence-electron chi connectivity index (χ1n) is 12.7. The van der Waals surface area contributed by atoms with Gasteiger partial charge in [0.15, 0.2) is 0 Å². The molecule has 0 radical (unpaired) electrons. The fourth-order valence-corrected chi connectivity index (χ4v) is 5.53. The predicted molar refractivity (Wildman–Crippen MR) is 150 cm³/mol. The monoisotopic (exact) mass is 570 g/mol. The van der Waals surface area contributed by atoms with Gasteiger partial charge >= 0.3 is 11.7 Å². The molecule has 1 saturated heterocycles. The molecule has 1 aromatic heterocycles. The van der Waals surface area contributed by atoms with Gasteiger partial charge in [0.1, 0.15) is 6.54 Å². The van der Waals surface area contributed by atoms with E-state index in [1.54, 1.807) is 23.2 Å². The van der Waals surface area contributed by atoms with E-state index in [9.17, 15) is 19.2 Å². The number of nitrogens with zero attached hydrogens (tertiary/aromatic N) is 4. The highest BCUT2D eigenvalue weighted by Crippen LogP contribution is 2.31. The van der Waals surface area contributed by atoms with Crippen LogP contribution in [0, 0.1) is 0 Å². The zero-order valence-electron chi connectivity index (χ0n) is 21.3. The topological polar surface area (TPSA) is 109 Å². The molecule has 39 heavy (non-hydrogen) atoms. The molecule has 0 aliphatic carbocycles. The van der Waals surface area contributed by atoms with Gasteiger partial charge in [-0.05, 0) is 37.0 Å². The Bertz CT molecular complexity index is 1540. The Morgan fingerprint density at radius 1 is 1.00 bits per heavy atom. The zero-order chi connectivity index (χ0) is 27.7. The largest absolute Gasteiger partial charge is 0.331 e. The number of urea groups is 1. The normalized spacial score (nSPS) is 16.4. The molecule has 0 unspecified atom stereocenters. The van der Waals surface area contributed by atoms with Crippen LogP contribution in [0.4, 0.5) is 10.5 Å². The number of hydrazine groups is 1. The third kappa shape index (κ3) is 5.59. The maximum atomic E-state index is 12.9. The first-order chi connectivity index (χ1) is 18.7. The molecule has 3 amide bonds. The van der Waals surface area contributed by atoms with Crippen molar-refractivity contribution in [2.75, 3.05) is 25.0 Å². The highest BCUT2D eigenvalue weighted by molar-refractivity contribution is 6.43. The molecule has 2 aromatic carbocycles. The molecule has 10 nitrogen and oxygen atoms in total. The Hall–Kier alpha value is -3.60. The number of anilines is 1. The molecule has 204 valence electrons. The molecule has 2 aliphatic heterocycles. The number of hydrogen-bond donors (Lipinski definition) is 2. The third-order valence-corrected chi connectivity index (χ3v) is 8.06. The summed E-state index contributed by atoms with van der Waals surface area (Å²) in [4.78, 5) is 53.1. The zero-order valence-corrected chi connectivity index (χ0v) is 22.8. The molecule has 2 aliphatic rings. The van der Waals surface area contributed by atoms with Crippen LogP contribution < -0.4 is 22.0 Å². The highest BCUT2D eigenvalue weighted by Gasteiger charge is 2.30. The van der Waals surface area contributed by atoms with E-state index in [1.165, 1.54) is 17.8 Å². The van der Waals surface area contributed by atoms with Crippen molar-refractivity contribution in [1.82, 2.24) is 24.5 Å². The molecule has 12 heteroatoms. The lowest BCUT2D eigenvalue weighted by Crippen LogP contribution is -2.53. The molecule has 5 rings (SSSR count). The molecule has 2 N–H and O–H groups in total. The minimum atomic E-state index is -0.621. The predicted octanol–water partition coefficient (Wildman–Crippen LogP) is 3.11. The van der Waals surface area contributed by atoms with Gasteiger partial charge in [0.25, 0.3) is 11.5 Å². The number of piperidine rings is 1. The van der Waals surface area contributed by atoms with Crippen LogP contribution in [-0.2, 0) is 24.8 Å². The van der Waals surface area contributed by atoms with Gasteiger partial charge in [-0.3, -0.25) is 24.1 Å². The minimum absolute atomic E-state index is 0.0590. The van der Waals surface area contributed by atoms with E-state index < -0.39 is 17.2 Å². The third-order valence-electron chi connectivity index (χ3n) is 7.24. The van der Waals surface area contributed by atoms with E-state index in [0.717, 1.165) is 22.2 Å². The summed E-state index contributed by atoms with van der Waals surface area (Å²) in [6.45, 7) is 1.46. The van der Waals surface area contributed by atoms with Gasteiger partial charge in [0.05, 0.1) is 15.6 Å². The summed E-state index contributed by atoms with van der Waals surface area (Å²) >= 11 is 12.4. The number of carbonyl (C=O) groups excluding carboxylic acids is 2. The number of benzene rings is 2. The standard InChI is InChI=1S/C27H28Cl2N6O4/c1-32-25(37)20(19-6-4-7-21(28)24(19)29)15-33(27(32)39)16-23(36)31-34-12-10-18(11-13-34)35-14-9-17-5-2-3-8-22(17)30-26(35)38/h2-8,15,18H,9-14,16H2,1H3,(H,30,38)(H,31,36). The maximum absolute atomic E-state index is 12.9. The summed E-state index contributed by atoms with van der Waals surface area (Å²) in [5.74, 6) is -0.402. The lowest BCUT2D eigenvalue weighted by atomic mass is 10.0. The van der Waals surface area contributed by atoms with Gasteiger partial charge in [-0.2, -0.15) is 0 Å². The minimum Gasteiger partial charge on any atom is -0.321 e. The lowest BCUT2D eigenvalue weighted by molar-refractivity contribution is -0.127. The van der Waals surface area contributed by atoms with Crippen molar-refractivity contribution in [2.24, 2.45) is 7.05 Å². The first kappa shape index (κ1) is 27.0. The second-order valence-electron chi connectivity index (χ2n) is 9.70. The van der Waals surface area contributed by atoms with Crippen molar-refractivity contribution in [2.45, 2.75) is 31.8 Å². The van der Waals surface area contributed by atoms with Crippen LogP contribution in [-0.4, -0.2) is 56.7 Å². The summed E-state index contributed by atoms with van der Waals surface area (Å²) in [6.07, 6.45) is 3.51. The number of nitrogens with one attached hydrogen (secondary N) is 2. The molecule has 0 bridgehead atoms. The number of para-hydroxylation sites is 1. The Balaban J connectivity index is 1.22. The van der Waals surface area contributed by atoms with Crippen LogP contribution in [0.1, 0.15) is 18.4 Å².